The minimum absolute atomic E-state index is 0.319. The van der Waals surface area contributed by atoms with Crippen LogP contribution in [0.3, 0.4) is 0 Å². The fourth-order valence-electron chi connectivity index (χ4n) is 2.23. The summed E-state index contributed by atoms with van der Waals surface area (Å²) < 4.78 is 6.90. The van der Waals surface area contributed by atoms with Gasteiger partial charge in [-0.3, -0.25) is 4.79 Å². The number of esters is 1. The molecule has 2 rings (SSSR count). The van der Waals surface area contributed by atoms with Crippen LogP contribution in [0, 0.1) is 6.92 Å². The number of hydrogen-bond acceptors (Lipinski definition) is 3. The molecule has 0 saturated carbocycles. The molecule has 1 aromatic heterocycles. The SMILES string of the molecule is CCOC(=O)c1cc(-c2cc(Cl)ccc2C=O)n(C)c1C. The zero-order chi connectivity index (χ0) is 15.6. The Bertz CT molecular complexity index is 704. The zero-order valence-corrected chi connectivity index (χ0v) is 12.9. The summed E-state index contributed by atoms with van der Waals surface area (Å²) in [6, 6.07) is 6.77. The maximum atomic E-state index is 12.0. The van der Waals surface area contributed by atoms with Gasteiger partial charge in [-0.15, -0.1) is 0 Å². The lowest BCUT2D eigenvalue weighted by Gasteiger charge is -2.08. The topological polar surface area (TPSA) is 48.3 Å². The Morgan fingerprint density at radius 1 is 1.38 bits per heavy atom. The van der Waals surface area contributed by atoms with Gasteiger partial charge in [0.25, 0.3) is 0 Å². The normalized spacial score (nSPS) is 10.5. The van der Waals surface area contributed by atoms with Crippen molar-refractivity contribution in [1.82, 2.24) is 4.57 Å². The van der Waals surface area contributed by atoms with Crippen LogP contribution in [-0.4, -0.2) is 23.4 Å². The molecule has 0 N–H and O–H groups in total. The summed E-state index contributed by atoms with van der Waals surface area (Å²) in [5.41, 5.74) is 3.24. The third-order valence-corrected chi connectivity index (χ3v) is 3.68. The molecule has 0 spiro atoms. The van der Waals surface area contributed by atoms with Crippen LogP contribution in [0.1, 0.15) is 33.3 Å². The number of benzene rings is 1. The van der Waals surface area contributed by atoms with Crippen LogP contribution in [0.4, 0.5) is 0 Å². The molecule has 0 atom stereocenters. The average Bonchev–Trinajstić information content (AvgIpc) is 2.75. The Kier molecular flexibility index (Phi) is 4.48. The second-order valence-electron chi connectivity index (χ2n) is 4.66. The number of hydrogen-bond donors (Lipinski definition) is 0. The highest BCUT2D eigenvalue weighted by molar-refractivity contribution is 6.31. The van der Waals surface area contributed by atoms with Crippen LogP contribution >= 0.6 is 11.6 Å². The minimum Gasteiger partial charge on any atom is -0.462 e. The predicted octanol–water partition coefficient (Wildman–Crippen LogP) is 3.64. The van der Waals surface area contributed by atoms with Crippen molar-refractivity contribution in [3.8, 4) is 11.3 Å². The van der Waals surface area contributed by atoms with E-state index in [2.05, 4.69) is 0 Å². The quantitative estimate of drug-likeness (QED) is 0.640. The largest absolute Gasteiger partial charge is 0.462 e. The van der Waals surface area contributed by atoms with E-state index in [1.54, 1.807) is 31.2 Å². The summed E-state index contributed by atoms with van der Waals surface area (Å²) in [7, 11) is 1.84. The van der Waals surface area contributed by atoms with E-state index in [4.69, 9.17) is 16.3 Å². The zero-order valence-electron chi connectivity index (χ0n) is 12.1. The van der Waals surface area contributed by atoms with E-state index < -0.39 is 0 Å². The molecular weight excluding hydrogens is 290 g/mol. The molecule has 0 amide bonds. The molecule has 0 aliphatic rings. The highest BCUT2D eigenvalue weighted by Crippen LogP contribution is 2.29. The Morgan fingerprint density at radius 2 is 2.10 bits per heavy atom. The fraction of sp³-hybridized carbons (Fsp3) is 0.250. The Morgan fingerprint density at radius 3 is 2.71 bits per heavy atom. The molecule has 2 aromatic rings. The van der Waals surface area contributed by atoms with E-state index in [-0.39, 0.29) is 5.97 Å². The van der Waals surface area contributed by atoms with Crippen LogP contribution in [0.2, 0.25) is 5.02 Å². The number of ether oxygens (including phenoxy) is 1. The smallest absolute Gasteiger partial charge is 0.339 e. The highest BCUT2D eigenvalue weighted by atomic mass is 35.5. The number of carbonyl (C=O) groups excluding carboxylic acids is 2. The van der Waals surface area contributed by atoms with Gasteiger partial charge in [0.05, 0.1) is 12.2 Å². The molecule has 21 heavy (non-hydrogen) atoms. The second kappa shape index (κ2) is 6.14. The number of aromatic nitrogens is 1. The van der Waals surface area contributed by atoms with E-state index >= 15 is 0 Å². The van der Waals surface area contributed by atoms with Crippen molar-refractivity contribution in [2.45, 2.75) is 13.8 Å². The third-order valence-electron chi connectivity index (χ3n) is 3.45. The van der Waals surface area contributed by atoms with E-state index in [0.29, 0.717) is 28.3 Å². The maximum Gasteiger partial charge on any atom is 0.339 e. The first-order valence-electron chi connectivity index (χ1n) is 6.58. The van der Waals surface area contributed by atoms with E-state index in [0.717, 1.165) is 17.7 Å². The lowest BCUT2D eigenvalue weighted by molar-refractivity contribution is 0.0525. The number of nitrogens with zero attached hydrogens (tertiary/aromatic N) is 1. The molecule has 0 unspecified atom stereocenters. The van der Waals surface area contributed by atoms with Crippen molar-refractivity contribution in [2.24, 2.45) is 7.05 Å². The van der Waals surface area contributed by atoms with Crippen molar-refractivity contribution < 1.29 is 14.3 Å². The molecular formula is C16H16ClNO3. The highest BCUT2D eigenvalue weighted by Gasteiger charge is 2.19. The first-order valence-corrected chi connectivity index (χ1v) is 6.96. The standard InChI is InChI=1S/C16H16ClNO3/c1-4-21-16(20)13-8-15(18(3)10(13)2)14-7-12(17)6-5-11(14)9-19/h5-9H,4H2,1-3H3. The van der Waals surface area contributed by atoms with Gasteiger partial charge in [0.15, 0.2) is 6.29 Å². The van der Waals surface area contributed by atoms with Crippen LogP contribution in [0.5, 0.6) is 0 Å². The molecule has 0 aliphatic heterocycles. The molecule has 1 heterocycles. The molecule has 0 aliphatic carbocycles. The van der Waals surface area contributed by atoms with Gasteiger partial charge in [0.1, 0.15) is 0 Å². The fourth-order valence-corrected chi connectivity index (χ4v) is 2.40. The summed E-state index contributed by atoms with van der Waals surface area (Å²) >= 11 is 6.02. The molecule has 110 valence electrons. The summed E-state index contributed by atoms with van der Waals surface area (Å²) in [5, 5.41) is 0.534. The van der Waals surface area contributed by atoms with E-state index in [1.165, 1.54) is 0 Å². The molecule has 4 nitrogen and oxygen atoms in total. The van der Waals surface area contributed by atoms with Gasteiger partial charge in [-0.25, -0.2) is 4.79 Å². The molecule has 0 bridgehead atoms. The van der Waals surface area contributed by atoms with Crippen molar-refractivity contribution in [3.05, 3.63) is 46.1 Å². The molecule has 1 aromatic carbocycles. The predicted molar refractivity (Wildman–Crippen MR) is 81.9 cm³/mol. The molecule has 0 radical (unpaired) electrons. The van der Waals surface area contributed by atoms with E-state index in [1.807, 2.05) is 18.5 Å². The van der Waals surface area contributed by atoms with Gasteiger partial charge < -0.3 is 9.30 Å². The maximum absolute atomic E-state index is 12.0. The van der Waals surface area contributed by atoms with Crippen LogP contribution in [0.25, 0.3) is 11.3 Å². The van der Waals surface area contributed by atoms with Gasteiger partial charge in [-0.2, -0.15) is 0 Å². The van der Waals surface area contributed by atoms with Gasteiger partial charge in [0, 0.05) is 34.6 Å². The van der Waals surface area contributed by atoms with Crippen molar-refractivity contribution in [3.63, 3.8) is 0 Å². The summed E-state index contributed by atoms with van der Waals surface area (Å²) in [6.07, 6.45) is 0.776. The van der Waals surface area contributed by atoms with Gasteiger partial charge in [0.2, 0.25) is 0 Å². The van der Waals surface area contributed by atoms with E-state index in [9.17, 15) is 9.59 Å². The van der Waals surface area contributed by atoms with Crippen molar-refractivity contribution in [2.75, 3.05) is 6.61 Å². The number of halogens is 1. The lowest BCUT2D eigenvalue weighted by Crippen LogP contribution is -2.06. The Labute approximate surface area is 128 Å². The first kappa shape index (κ1) is 15.3. The molecule has 0 fully saturated rings. The first-order chi connectivity index (χ1) is 9.99. The summed E-state index contributed by atoms with van der Waals surface area (Å²) in [5.74, 6) is -0.369. The Hall–Kier alpha value is -2.07. The second-order valence-corrected chi connectivity index (χ2v) is 5.09. The monoisotopic (exact) mass is 305 g/mol. The number of aldehydes is 1. The van der Waals surface area contributed by atoms with Crippen LogP contribution < -0.4 is 0 Å². The average molecular weight is 306 g/mol. The minimum atomic E-state index is -0.369. The lowest BCUT2D eigenvalue weighted by atomic mass is 10.1. The van der Waals surface area contributed by atoms with Gasteiger partial charge in [-0.1, -0.05) is 11.6 Å². The number of rotatable bonds is 4. The van der Waals surface area contributed by atoms with Crippen LogP contribution in [0.15, 0.2) is 24.3 Å². The van der Waals surface area contributed by atoms with Gasteiger partial charge in [-0.05, 0) is 38.1 Å². The molecule has 0 saturated heterocycles. The van der Waals surface area contributed by atoms with Crippen LogP contribution in [-0.2, 0) is 11.8 Å². The summed E-state index contributed by atoms with van der Waals surface area (Å²) in [4.78, 5) is 23.2. The third kappa shape index (κ3) is 2.85. The number of carbonyl (C=O) groups is 2. The van der Waals surface area contributed by atoms with Crippen molar-refractivity contribution in [1.29, 1.82) is 0 Å². The Balaban J connectivity index is 2.60. The molecule has 5 heteroatoms. The van der Waals surface area contributed by atoms with Crippen molar-refractivity contribution >= 4 is 23.9 Å². The van der Waals surface area contributed by atoms with Gasteiger partial charge >= 0.3 is 5.97 Å². The summed E-state index contributed by atoms with van der Waals surface area (Å²) in [6.45, 7) is 3.92.